The number of hydrogen-bond donors (Lipinski definition) is 0. The molecule has 0 saturated carbocycles. The lowest BCUT2D eigenvalue weighted by Gasteiger charge is -2.24. The largest absolute Gasteiger partial charge is 0.308 e. The fraction of sp³-hybridized carbons (Fsp3) is 0.0566. The van der Waals surface area contributed by atoms with E-state index in [1.54, 1.807) is 0 Å². The van der Waals surface area contributed by atoms with Crippen molar-refractivity contribution >= 4 is 81.4 Å². The van der Waals surface area contributed by atoms with Crippen molar-refractivity contribution in [1.82, 2.24) is 8.97 Å². The molecule has 0 radical (unpaired) electrons. The van der Waals surface area contributed by atoms with E-state index in [0.29, 0.717) is 0 Å². The van der Waals surface area contributed by atoms with Crippen molar-refractivity contribution in [2.45, 2.75) is 19.3 Å². The van der Waals surface area contributed by atoms with Crippen molar-refractivity contribution in [3.8, 4) is 27.9 Å². The molecule has 0 amide bonds. The second kappa shape index (κ2) is 10.2. The molecule has 3 aromatic heterocycles. The molecule has 55 heavy (non-hydrogen) atoms. The maximum absolute atomic E-state index is 2.59. The van der Waals surface area contributed by atoms with Crippen molar-refractivity contribution in [2.75, 3.05) is 0 Å². The van der Waals surface area contributed by atoms with Crippen molar-refractivity contribution < 1.29 is 0 Å². The summed E-state index contributed by atoms with van der Waals surface area (Å²) < 4.78 is 5.14. The average Bonchev–Trinajstić information content (AvgIpc) is 3.95. The molecule has 9 aromatic carbocycles. The summed E-state index contributed by atoms with van der Waals surface area (Å²) in [6, 6.07) is 63.6. The lowest BCUT2D eigenvalue weighted by atomic mass is 9.79. The van der Waals surface area contributed by atoms with E-state index in [-0.39, 0.29) is 5.41 Å². The van der Waals surface area contributed by atoms with Crippen LogP contribution in [0.5, 0.6) is 0 Å². The van der Waals surface area contributed by atoms with Crippen LogP contribution in [-0.4, -0.2) is 8.97 Å². The highest BCUT2D eigenvalue weighted by Gasteiger charge is 2.37. The third kappa shape index (κ3) is 3.56. The van der Waals surface area contributed by atoms with Crippen LogP contribution in [0.3, 0.4) is 0 Å². The van der Waals surface area contributed by atoms with Crippen LogP contribution in [0.1, 0.15) is 25.0 Å². The monoisotopic (exact) mass is 698 g/mol. The molecule has 0 saturated heterocycles. The van der Waals surface area contributed by atoms with Gasteiger partial charge in [-0.05, 0) is 62.4 Å². The van der Waals surface area contributed by atoms with Crippen LogP contribution in [0.25, 0.3) is 109 Å². The van der Waals surface area contributed by atoms with Crippen LogP contribution in [-0.2, 0) is 5.41 Å². The lowest BCUT2D eigenvalue weighted by molar-refractivity contribution is 0.662. The Morgan fingerprint density at radius 1 is 0.382 bits per heavy atom. The Hall–Kier alpha value is -6.90. The number of aromatic nitrogens is 2. The van der Waals surface area contributed by atoms with Crippen LogP contribution in [0.2, 0.25) is 0 Å². The van der Waals surface area contributed by atoms with Gasteiger partial charge in [-0.3, -0.25) is 0 Å². The van der Waals surface area contributed by atoms with E-state index in [2.05, 4.69) is 193 Å². The molecular formula is C53H34N2. The van der Waals surface area contributed by atoms with Gasteiger partial charge in [-0.15, -0.1) is 0 Å². The number of benzene rings is 9. The van der Waals surface area contributed by atoms with E-state index in [4.69, 9.17) is 0 Å². The smallest absolute Gasteiger partial charge is 0.0648 e. The molecule has 0 fully saturated rings. The summed E-state index contributed by atoms with van der Waals surface area (Å²) in [6.07, 6.45) is 0. The van der Waals surface area contributed by atoms with Gasteiger partial charge in [0.2, 0.25) is 0 Å². The third-order valence-electron chi connectivity index (χ3n) is 13.0. The van der Waals surface area contributed by atoms with E-state index in [1.807, 2.05) is 0 Å². The fourth-order valence-corrected chi connectivity index (χ4v) is 10.8. The molecule has 2 nitrogen and oxygen atoms in total. The molecule has 0 spiro atoms. The minimum absolute atomic E-state index is 0.0870. The predicted molar refractivity (Wildman–Crippen MR) is 233 cm³/mol. The topological polar surface area (TPSA) is 9.34 Å². The second-order valence-corrected chi connectivity index (χ2v) is 16.0. The molecular weight excluding hydrogens is 665 g/mol. The number of nitrogens with zero attached hydrogens (tertiary/aromatic N) is 2. The van der Waals surface area contributed by atoms with Gasteiger partial charge in [-0.25, -0.2) is 0 Å². The molecule has 3 heterocycles. The van der Waals surface area contributed by atoms with Gasteiger partial charge in [0.1, 0.15) is 0 Å². The quantitative estimate of drug-likeness (QED) is 0.170. The Kier molecular flexibility index (Phi) is 5.47. The van der Waals surface area contributed by atoms with E-state index in [9.17, 15) is 0 Å². The summed E-state index contributed by atoms with van der Waals surface area (Å²) >= 11 is 0. The molecule has 13 rings (SSSR count). The highest BCUT2D eigenvalue weighted by Crippen LogP contribution is 2.53. The third-order valence-corrected chi connectivity index (χ3v) is 13.0. The van der Waals surface area contributed by atoms with Gasteiger partial charge in [-0.1, -0.05) is 166 Å². The maximum atomic E-state index is 2.59. The molecule has 1 aliphatic carbocycles. The Balaban J connectivity index is 1.18. The Bertz CT molecular complexity index is 3610. The van der Waals surface area contributed by atoms with Gasteiger partial charge in [0, 0.05) is 54.2 Å². The van der Waals surface area contributed by atoms with Crippen molar-refractivity contribution in [3.63, 3.8) is 0 Å². The first-order chi connectivity index (χ1) is 27.1. The molecule has 0 unspecified atom stereocenters. The second-order valence-electron chi connectivity index (χ2n) is 16.0. The van der Waals surface area contributed by atoms with E-state index in [1.165, 1.54) is 121 Å². The number of para-hydroxylation sites is 2. The standard InChI is InChI=1S/C53H34N2/c1-53(2)44-23-9-7-15-36(44)39-20-11-19-34(48(39)53)32-25-28-33(29-26-32)54-49-35-14-4-3-13-31(35)27-30-43(49)46-38-17-5-6-18-41(38)51-47(52(46)54)42-22-12-21-40-37-16-8-10-24-45(37)55(51)50(40)42/h3-30H,1-2H3. The Morgan fingerprint density at radius 2 is 1.00 bits per heavy atom. The minimum Gasteiger partial charge on any atom is -0.308 e. The summed E-state index contributed by atoms with van der Waals surface area (Å²) in [5, 5.41) is 12.9. The predicted octanol–water partition coefficient (Wildman–Crippen LogP) is 14.2. The highest BCUT2D eigenvalue weighted by molar-refractivity contribution is 6.40. The van der Waals surface area contributed by atoms with Crippen LogP contribution in [0.15, 0.2) is 170 Å². The number of rotatable bonds is 2. The summed E-state index contributed by atoms with van der Waals surface area (Å²) in [5.41, 5.74) is 15.5. The zero-order valence-electron chi connectivity index (χ0n) is 30.6. The normalized spacial score (nSPS) is 13.8. The van der Waals surface area contributed by atoms with Gasteiger partial charge in [-0.2, -0.15) is 0 Å². The van der Waals surface area contributed by atoms with Crippen LogP contribution < -0.4 is 0 Å². The number of fused-ring (bicyclic) bond motifs is 18. The van der Waals surface area contributed by atoms with Gasteiger partial charge in [0.25, 0.3) is 0 Å². The summed E-state index contributed by atoms with van der Waals surface area (Å²) in [6.45, 7) is 4.76. The molecule has 1 aliphatic rings. The van der Waals surface area contributed by atoms with Crippen molar-refractivity contribution in [1.29, 1.82) is 0 Å². The lowest BCUT2D eigenvalue weighted by Crippen LogP contribution is -2.16. The van der Waals surface area contributed by atoms with Crippen LogP contribution in [0.4, 0.5) is 0 Å². The fourth-order valence-electron chi connectivity index (χ4n) is 10.8. The Morgan fingerprint density at radius 3 is 1.87 bits per heavy atom. The average molecular weight is 699 g/mol. The zero-order chi connectivity index (χ0) is 36.2. The van der Waals surface area contributed by atoms with Crippen molar-refractivity contribution in [2.24, 2.45) is 0 Å². The molecule has 12 aromatic rings. The Labute approximate surface area is 317 Å². The first-order valence-electron chi connectivity index (χ1n) is 19.4. The van der Waals surface area contributed by atoms with Crippen LogP contribution >= 0.6 is 0 Å². The van der Waals surface area contributed by atoms with Gasteiger partial charge >= 0.3 is 0 Å². The van der Waals surface area contributed by atoms with Gasteiger partial charge in [0.15, 0.2) is 0 Å². The minimum atomic E-state index is -0.0870. The summed E-state index contributed by atoms with van der Waals surface area (Å²) in [4.78, 5) is 0. The van der Waals surface area contributed by atoms with E-state index in [0.717, 1.165) is 0 Å². The molecule has 256 valence electrons. The van der Waals surface area contributed by atoms with E-state index < -0.39 is 0 Å². The number of hydrogen-bond acceptors (Lipinski definition) is 0. The summed E-state index contributed by atoms with van der Waals surface area (Å²) in [7, 11) is 0. The first-order valence-corrected chi connectivity index (χ1v) is 19.4. The molecule has 0 atom stereocenters. The maximum Gasteiger partial charge on any atom is 0.0648 e. The molecule has 0 N–H and O–H groups in total. The van der Waals surface area contributed by atoms with Gasteiger partial charge in [0.05, 0.1) is 27.6 Å². The molecule has 2 heteroatoms. The van der Waals surface area contributed by atoms with Crippen molar-refractivity contribution in [3.05, 3.63) is 181 Å². The first kappa shape index (κ1) is 29.5. The summed E-state index contributed by atoms with van der Waals surface area (Å²) in [5.74, 6) is 0. The van der Waals surface area contributed by atoms with Gasteiger partial charge < -0.3 is 8.97 Å². The highest BCUT2D eigenvalue weighted by atomic mass is 15.0. The van der Waals surface area contributed by atoms with Crippen LogP contribution in [0, 0.1) is 0 Å². The molecule has 0 aliphatic heterocycles. The molecule has 0 bridgehead atoms. The zero-order valence-corrected chi connectivity index (χ0v) is 30.6. The van der Waals surface area contributed by atoms with E-state index >= 15 is 0 Å². The SMILES string of the molecule is CC1(C)c2ccccc2-c2cccc(-c3ccc(-n4c5c6ccccc6ccc5c5c6ccccc6c6c(c7cccc8c9ccccc9n6c87)c54)cc3)c21.